The van der Waals surface area contributed by atoms with Crippen LogP contribution in [0.25, 0.3) is 0 Å². The van der Waals surface area contributed by atoms with E-state index in [0.29, 0.717) is 0 Å². The van der Waals surface area contributed by atoms with Crippen molar-refractivity contribution in [3.8, 4) is 0 Å². The van der Waals surface area contributed by atoms with Crippen molar-refractivity contribution in [3.63, 3.8) is 0 Å². The standard InChI is InChI=1S/C9H14N2/c1-4-9-6-7(2)5-8(3)10-11-9/h5-6,8H,4H2,1-3H3. The number of nitrogens with zero attached hydrogens (tertiary/aromatic N) is 2. The number of hydrogen-bond acceptors (Lipinski definition) is 2. The van der Waals surface area contributed by atoms with E-state index < -0.39 is 0 Å². The molecule has 0 radical (unpaired) electrons. The SMILES string of the molecule is CCC1=CC(C)=CC(C)N=N1. The van der Waals surface area contributed by atoms with Crippen LogP contribution in [-0.2, 0) is 0 Å². The average molecular weight is 150 g/mol. The highest BCUT2D eigenvalue weighted by molar-refractivity contribution is 5.23. The number of rotatable bonds is 1. The van der Waals surface area contributed by atoms with E-state index in [4.69, 9.17) is 0 Å². The monoisotopic (exact) mass is 150 g/mol. The van der Waals surface area contributed by atoms with E-state index >= 15 is 0 Å². The van der Waals surface area contributed by atoms with E-state index in [1.165, 1.54) is 5.57 Å². The third-order valence-electron chi connectivity index (χ3n) is 1.63. The Hall–Kier alpha value is -0.920. The second-order valence-corrected chi connectivity index (χ2v) is 2.86. The molecule has 0 saturated heterocycles. The Balaban J connectivity index is 2.85. The third-order valence-corrected chi connectivity index (χ3v) is 1.63. The molecule has 0 amide bonds. The van der Waals surface area contributed by atoms with Crippen LogP contribution in [0, 0.1) is 0 Å². The molecule has 0 fully saturated rings. The van der Waals surface area contributed by atoms with E-state index in [2.05, 4.69) is 36.2 Å². The van der Waals surface area contributed by atoms with Gasteiger partial charge in [0.25, 0.3) is 0 Å². The van der Waals surface area contributed by atoms with Crippen molar-refractivity contribution in [2.24, 2.45) is 10.2 Å². The summed E-state index contributed by atoms with van der Waals surface area (Å²) in [4.78, 5) is 0. The first-order valence-corrected chi connectivity index (χ1v) is 4.02. The third kappa shape index (κ3) is 2.30. The lowest BCUT2D eigenvalue weighted by molar-refractivity contribution is 0.827. The summed E-state index contributed by atoms with van der Waals surface area (Å²) < 4.78 is 0. The van der Waals surface area contributed by atoms with Crippen LogP contribution >= 0.6 is 0 Å². The Kier molecular flexibility index (Phi) is 2.58. The zero-order chi connectivity index (χ0) is 8.27. The van der Waals surface area contributed by atoms with E-state index in [0.717, 1.165) is 12.1 Å². The van der Waals surface area contributed by atoms with Gasteiger partial charge >= 0.3 is 0 Å². The van der Waals surface area contributed by atoms with Gasteiger partial charge in [0.15, 0.2) is 0 Å². The number of hydrogen-bond donors (Lipinski definition) is 0. The van der Waals surface area contributed by atoms with Gasteiger partial charge in [-0.1, -0.05) is 18.6 Å². The molecule has 0 spiro atoms. The molecule has 1 aliphatic heterocycles. The number of azo groups is 1. The zero-order valence-electron chi connectivity index (χ0n) is 7.33. The van der Waals surface area contributed by atoms with Gasteiger partial charge in [-0.3, -0.25) is 0 Å². The summed E-state index contributed by atoms with van der Waals surface area (Å²) in [6.45, 7) is 6.22. The maximum absolute atomic E-state index is 4.11. The molecule has 0 saturated carbocycles. The highest BCUT2D eigenvalue weighted by Gasteiger charge is 2.00. The van der Waals surface area contributed by atoms with Crippen molar-refractivity contribution in [3.05, 3.63) is 23.4 Å². The van der Waals surface area contributed by atoms with Crippen LogP contribution in [0.15, 0.2) is 33.7 Å². The van der Waals surface area contributed by atoms with Crippen LogP contribution in [0.5, 0.6) is 0 Å². The van der Waals surface area contributed by atoms with Crippen molar-refractivity contribution in [1.82, 2.24) is 0 Å². The molecule has 1 rings (SSSR count). The molecule has 0 aliphatic carbocycles. The second-order valence-electron chi connectivity index (χ2n) is 2.86. The molecule has 11 heavy (non-hydrogen) atoms. The van der Waals surface area contributed by atoms with E-state index in [9.17, 15) is 0 Å². The van der Waals surface area contributed by atoms with Gasteiger partial charge in [0, 0.05) is 0 Å². The first-order valence-electron chi connectivity index (χ1n) is 4.02. The first kappa shape index (κ1) is 8.18. The summed E-state index contributed by atoms with van der Waals surface area (Å²) in [6, 6.07) is 0.232. The van der Waals surface area contributed by atoms with Gasteiger partial charge in [0.05, 0.1) is 11.7 Å². The molecule has 2 heteroatoms. The smallest absolute Gasteiger partial charge is 0.0870 e. The van der Waals surface area contributed by atoms with Crippen LogP contribution < -0.4 is 0 Å². The topological polar surface area (TPSA) is 24.7 Å². The Labute approximate surface area is 67.7 Å². The molecule has 2 nitrogen and oxygen atoms in total. The van der Waals surface area contributed by atoms with Gasteiger partial charge in [0.2, 0.25) is 0 Å². The van der Waals surface area contributed by atoms with E-state index in [1.54, 1.807) is 0 Å². The molecular formula is C9H14N2. The molecule has 1 unspecified atom stereocenters. The largest absolute Gasteiger partial charge is 0.182 e. The fourth-order valence-electron chi connectivity index (χ4n) is 1.09. The van der Waals surface area contributed by atoms with Gasteiger partial charge in [0.1, 0.15) is 0 Å². The Bertz CT molecular complexity index is 224. The normalized spacial score (nSPS) is 24.1. The summed E-state index contributed by atoms with van der Waals surface area (Å²) in [5, 5.41) is 8.21. The molecule has 0 N–H and O–H groups in total. The van der Waals surface area contributed by atoms with Crippen LogP contribution in [0.4, 0.5) is 0 Å². The summed E-state index contributed by atoms with van der Waals surface area (Å²) in [6.07, 6.45) is 5.17. The Morgan fingerprint density at radius 2 is 2.27 bits per heavy atom. The fourth-order valence-corrected chi connectivity index (χ4v) is 1.09. The van der Waals surface area contributed by atoms with Crippen molar-refractivity contribution >= 4 is 0 Å². The lowest BCUT2D eigenvalue weighted by Gasteiger charge is -1.92. The minimum atomic E-state index is 0.232. The fraction of sp³-hybridized carbons (Fsp3) is 0.556. The highest BCUT2D eigenvalue weighted by Crippen LogP contribution is 2.14. The highest BCUT2D eigenvalue weighted by atomic mass is 15.1. The van der Waals surface area contributed by atoms with E-state index in [1.807, 2.05) is 6.92 Å². The summed E-state index contributed by atoms with van der Waals surface area (Å²) in [5.74, 6) is 0. The van der Waals surface area contributed by atoms with Crippen molar-refractivity contribution in [2.75, 3.05) is 0 Å². The number of allylic oxidation sites excluding steroid dienone is 3. The molecule has 0 bridgehead atoms. The van der Waals surface area contributed by atoms with Crippen LogP contribution in [0.2, 0.25) is 0 Å². The molecule has 0 aromatic rings. The van der Waals surface area contributed by atoms with Crippen LogP contribution in [0.3, 0.4) is 0 Å². The first-order chi connectivity index (χ1) is 5.22. The minimum Gasteiger partial charge on any atom is -0.182 e. The molecule has 1 heterocycles. The maximum atomic E-state index is 4.11. The summed E-state index contributed by atoms with van der Waals surface area (Å²) >= 11 is 0. The van der Waals surface area contributed by atoms with Gasteiger partial charge in [-0.05, 0) is 26.3 Å². The van der Waals surface area contributed by atoms with Crippen LogP contribution in [0.1, 0.15) is 27.2 Å². The van der Waals surface area contributed by atoms with Crippen molar-refractivity contribution in [2.45, 2.75) is 33.2 Å². The quantitative estimate of drug-likeness (QED) is 0.548. The molecule has 0 aromatic heterocycles. The maximum Gasteiger partial charge on any atom is 0.0870 e. The van der Waals surface area contributed by atoms with E-state index in [-0.39, 0.29) is 6.04 Å². The van der Waals surface area contributed by atoms with Crippen molar-refractivity contribution in [1.29, 1.82) is 0 Å². The van der Waals surface area contributed by atoms with Gasteiger partial charge in [-0.25, -0.2) is 0 Å². The molecular weight excluding hydrogens is 136 g/mol. The second kappa shape index (κ2) is 3.46. The van der Waals surface area contributed by atoms with Crippen molar-refractivity contribution < 1.29 is 0 Å². The molecule has 60 valence electrons. The predicted molar refractivity (Wildman–Crippen MR) is 46.4 cm³/mol. The lowest BCUT2D eigenvalue weighted by Crippen LogP contribution is -1.88. The van der Waals surface area contributed by atoms with Gasteiger partial charge in [-0.2, -0.15) is 10.2 Å². The molecule has 0 aromatic carbocycles. The predicted octanol–water partition coefficient (Wildman–Crippen LogP) is 3.08. The lowest BCUT2D eigenvalue weighted by atomic mass is 10.2. The summed E-state index contributed by atoms with van der Waals surface area (Å²) in [5.41, 5.74) is 2.34. The Morgan fingerprint density at radius 3 is 2.91 bits per heavy atom. The Morgan fingerprint density at radius 1 is 1.55 bits per heavy atom. The molecule has 1 atom stereocenters. The van der Waals surface area contributed by atoms with Gasteiger partial charge < -0.3 is 0 Å². The average Bonchev–Trinajstić information content (AvgIpc) is 2.11. The summed E-state index contributed by atoms with van der Waals surface area (Å²) in [7, 11) is 0. The van der Waals surface area contributed by atoms with Gasteiger partial charge in [-0.15, -0.1) is 0 Å². The molecule has 1 aliphatic rings. The minimum absolute atomic E-state index is 0.232. The van der Waals surface area contributed by atoms with Crippen LogP contribution in [-0.4, -0.2) is 6.04 Å². The zero-order valence-corrected chi connectivity index (χ0v) is 7.33.